The zero-order valence-corrected chi connectivity index (χ0v) is 24.9. The SMILES string of the molecule is COc1ccc(C(OC(=O)[C@H](CCSC)NC(=O)OCC2c3ccccc3-c3ccccc32)c2ccc(C)cc2)cc1. The number of hydrogen-bond acceptors (Lipinski definition) is 6. The second-order valence-electron chi connectivity index (χ2n) is 10.3. The molecule has 0 saturated carbocycles. The molecule has 7 heteroatoms. The first-order valence-corrected chi connectivity index (χ1v) is 15.4. The van der Waals surface area contributed by atoms with E-state index in [0.717, 1.165) is 38.9 Å². The fourth-order valence-corrected chi connectivity index (χ4v) is 5.79. The largest absolute Gasteiger partial charge is 0.497 e. The Hall–Kier alpha value is -4.23. The highest BCUT2D eigenvalue weighted by Crippen LogP contribution is 2.44. The van der Waals surface area contributed by atoms with E-state index in [1.54, 1.807) is 18.9 Å². The Bertz CT molecular complexity index is 1470. The second-order valence-corrected chi connectivity index (χ2v) is 11.3. The first-order chi connectivity index (χ1) is 20.5. The molecule has 1 unspecified atom stereocenters. The average molecular weight is 582 g/mol. The summed E-state index contributed by atoms with van der Waals surface area (Å²) in [7, 11) is 1.61. The van der Waals surface area contributed by atoms with Crippen molar-refractivity contribution in [3.8, 4) is 16.9 Å². The molecular formula is C35H35NO5S. The van der Waals surface area contributed by atoms with Crippen molar-refractivity contribution in [2.24, 2.45) is 0 Å². The zero-order valence-electron chi connectivity index (χ0n) is 24.0. The highest BCUT2D eigenvalue weighted by Gasteiger charge is 2.31. The smallest absolute Gasteiger partial charge is 0.407 e. The molecule has 1 aliphatic rings. The summed E-state index contributed by atoms with van der Waals surface area (Å²) in [6.07, 6.45) is 1.08. The number of nitrogens with one attached hydrogen (secondary N) is 1. The van der Waals surface area contributed by atoms with Crippen LogP contribution in [0.4, 0.5) is 4.79 Å². The van der Waals surface area contributed by atoms with Gasteiger partial charge in [0, 0.05) is 5.92 Å². The molecule has 0 spiro atoms. The number of methoxy groups -OCH3 is 1. The Kier molecular flexibility index (Phi) is 9.49. The lowest BCUT2D eigenvalue weighted by atomic mass is 9.98. The van der Waals surface area contributed by atoms with E-state index in [9.17, 15) is 9.59 Å². The van der Waals surface area contributed by atoms with Crippen LogP contribution in [0.15, 0.2) is 97.1 Å². The second kappa shape index (κ2) is 13.6. The van der Waals surface area contributed by atoms with Crippen LogP contribution in [0.25, 0.3) is 11.1 Å². The van der Waals surface area contributed by atoms with Crippen molar-refractivity contribution < 1.29 is 23.8 Å². The number of thioether (sulfide) groups is 1. The zero-order chi connectivity index (χ0) is 29.5. The first-order valence-electron chi connectivity index (χ1n) is 14.0. The Balaban J connectivity index is 1.30. The molecule has 0 heterocycles. The van der Waals surface area contributed by atoms with Crippen LogP contribution in [0.2, 0.25) is 0 Å². The summed E-state index contributed by atoms with van der Waals surface area (Å²) in [5, 5.41) is 2.79. The van der Waals surface area contributed by atoms with Crippen molar-refractivity contribution in [2.45, 2.75) is 31.4 Å². The summed E-state index contributed by atoms with van der Waals surface area (Å²) < 4.78 is 17.1. The topological polar surface area (TPSA) is 73.9 Å². The van der Waals surface area contributed by atoms with Crippen LogP contribution >= 0.6 is 11.8 Å². The van der Waals surface area contributed by atoms with E-state index in [4.69, 9.17) is 14.2 Å². The van der Waals surface area contributed by atoms with E-state index >= 15 is 0 Å². The van der Waals surface area contributed by atoms with Gasteiger partial charge in [-0.25, -0.2) is 9.59 Å². The summed E-state index contributed by atoms with van der Waals surface area (Å²) >= 11 is 1.60. The van der Waals surface area contributed by atoms with E-state index in [2.05, 4.69) is 29.6 Å². The molecule has 0 aliphatic heterocycles. The maximum absolute atomic E-state index is 13.6. The Morgan fingerprint density at radius 2 is 1.40 bits per heavy atom. The van der Waals surface area contributed by atoms with Crippen molar-refractivity contribution in [1.82, 2.24) is 5.32 Å². The van der Waals surface area contributed by atoms with Crippen LogP contribution in [-0.2, 0) is 14.3 Å². The van der Waals surface area contributed by atoms with Crippen LogP contribution < -0.4 is 10.1 Å². The third-order valence-electron chi connectivity index (χ3n) is 7.56. The Morgan fingerprint density at radius 1 is 0.833 bits per heavy atom. The van der Waals surface area contributed by atoms with E-state index in [-0.39, 0.29) is 12.5 Å². The summed E-state index contributed by atoms with van der Waals surface area (Å²) in [5.74, 6) is 0.795. The predicted octanol–water partition coefficient (Wildman–Crippen LogP) is 7.30. The van der Waals surface area contributed by atoms with Crippen molar-refractivity contribution in [3.63, 3.8) is 0 Å². The fraction of sp³-hybridized carbons (Fsp3) is 0.257. The Labute approximate surface area is 251 Å². The number of hydrogen-bond donors (Lipinski definition) is 1. The van der Waals surface area contributed by atoms with E-state index in [1.807, 2.05) is 86.0 Å². The molecule has 216 valence electrons. The molecule has 0 bridgehead atoms. The van der Waals surface area contributed by atoms with Gasteiger partial charge in [0.15, 0.2) is 6.10 Å². The third-order valence-corrected chi connectivity index (χ3v) is 8.21. The Morgan fingerprint density at radius 3 is 1.98 bits per heavy atom. The molecule has 1 N–H and O–H groups in total. The summed E-state index contributed by atoms with van der Waals surface area (Å²) in [5.41, 5.74) is 7.32. The minimum absolute atomic E-state index is 0.0688. The fourth-order valence-electron chi connectivity index (χ4n) is 5.31. The van der Waals surface area contributed by atoms with E-state index in [1.165, 1.54) is 0 Å². The van der Waals surface area contributed by atoms with Gasteiger partial charge in [-0.05, 0) is 70.9 Å². The predicted molar refractivity (Wildman–Crippen MR) is 167 cm³/mol. The number of rotatable bonds is 11. The van der Waals surface area contributed by atoms with Crippen molar-refractivity contribution in [1.29, 1.82) is 0 Å². The molecule has 4 aromatic rings. The van der Waals surface area contributed by atoms with Crippen LogP contribution in [0, 0.1) is 6.92 Å². The van der Waals surface area contributed by atoms with Gasteiger partial charge in [-0.1, -0.05) is 90.5 Å². The number of ether oxygens (including phenoxy) is 3. The normalized spacial score (nSPS) is 13.4. The lowest BCUT2D eigenvalue weighted by Crippen LogP contribution is -2.43. The van der Waals surface area contributed by atoms with Gasteiger partial charge in [-0.2, -0.15) is 11.8 Å². The number of fused-ring (bicyclic) bond motifs is 3. The van der Waals surface area contributed by atoms with Crippen molar-refractivity contribution >= 4 is 23.8 Å². The summed E-state index contributed by atoms with van der Waals surface area (Å²) in [6, 6.07) is 30.8. The molecule has 0 aromatic heterocycles. The van der Waals surface area contributed by atoms with E-state index in [0.29, 0.717) is 17.9 Å². The van der Waals surface area contributed by atoms with Crippen LogP contribution in [-0.4, -0.2) is 43.8 Å². The summed E-state index contributed by atoms with van der Waals surface area (Å²) in [6.45, 7) is 2.18. The lowest BCUT2D eigenvalue weighted by molar-refractivity contribution is -0.150. The minimum atomic E-state index is -0.862. The van der Waals surface area contributed by atoms with Gasteiger partial charge in [0.25, 0.3) is 0 Å². The molecule has 0 radical (unpaired) electrons. The number of carbonyl (C=O) groups excluding carboxylic acids is 2. The third kappa shape index (κ3) is 6.63. The maximum atomic E-state index is 13.6. The number of carbonyl (C=O) groups is 2. The maximum Gasteiger partial charge on any atom is 0.407 e. The average Bonchev–Trinajstić information content (AvgIpc) is 3.35. The lowest BCUT2D eigenvalue weighted by Gasteiger charge is -2.24. The number of amides is 1. The molecule has 2 atom stereocenters. The van der Waals surface area contributed by atoms with Gasteiger partial charge in [-0.3, -0.25) is 0 Å². The van der Waals surface area contributed by atoms with Gasteiger partial charge in [0.2, 0.25) is 0 Å². The van der Waals surface area contributed by atoms with Gasteiger partial charge in [0.05, 0.1) is 7.11 Å². The molecule has 0 fully saturated rings. The highest BCUT2D eigenvalue weighted by molar-refractivity contribution is 7.98. The molecule has 4 aromatic carbocycles. The van der Waals surface area contributed by atoms with Gasteiger partial charge < -0.3 is 19.5 Å². The van der Waals surface area contributed by atoms with Gasteiger partial charge in [-0.15, -0.1) is 0 Å². The van der Waals surface area contributed by atoms with Crippen molar-refractivity contribution in [3.05, 3.63) is 125 Å². The van der Waals surface area contributed by atoms with Gasteiger partial charge in [0.1, 0.15) is 18.4 Å². The van der Waals surface area contributed by atoms with Crippen LogP contribution in [0.3, 0.4) is 0 Å². The molecule has 0 saturated heterocycles. The first kappa shape index (κ1) is 29.3. The molecule has 1 amide bonds. The van der Waals surface area contributed by atoms with Crippen LogP contribution in [0.5, 0.6) is 5.75 Å². The minimum Gasteiger partial charge on any atom is -0.497 e. The van der Waals surface area contributed by atoms with Crippen LogP contribution in [0.1, 0.15) is 46.3 Å². The molecule has 1 aliphatic carbocycles. The quantitative estimate of drug-likeness (QED) is 0.188. The molecule has 6 nitrogen and oxygen atoms in total. The summed E-state index contributed by atoms with van der Waals surface area (Å²) in [4.78, 5) is 26.7. The number of aryl methyl sites for hydroxylation is 1. The number of esters is 1. The number of benzene rings is 4. The van der Waals surface area contributed by atoms with Gasteiger partial charge >= 0.3 is 12.1 Å². The monoisotopic (exact) mass is 581 g/mol. The highest BCUT2D eigenvalue weighted by atomic mass is 32.2. The number of alkyl carbamates (subject to hydrolysis) is 1. The van der Waals surface area contributed by atoms with E-state index < -0.39 is 24.2 Å². The molecule has 5 rings (SSSR count). The van der Waals surface area contributed by atoms with Crippen molar-refractivity contribution in [2.75, 3.05) is 25.7 Å². The molecular weight excluding hydrogens is 546 g/mol. The molecule has 42 heavy (non-hydrogen) atoms. The standard InChI is InChI=1S/C35H35NO5S/c1-23-12-14-24(15-13-23)33(25-16-18-26(39-2)19-17-25)41-34(37)32(20-21-42-3)36-35(38)40-22-31-29-10-6-4-8-27(29)28-9-5-7-11-30(28)31/h4-19,31-33H,20-22H2,1-3H3,(H,36,38)/t32-,33?/m0/s1.